The Kier molecular flexibility index (Phi) is 4.28. The number of aryl methyl sites for hydroxylation is 2. The summed E-state index contributed by atoms with van der Waals surface area (Å²) < 4.78 is 5.91. The second kappa shape index (κ2) is 6.52. The molecule has 5 heteroatoms. The lowest BCUT2D eigenvalue weighted by molar-refractivity contribution is 0.291. The number of ether oxygens (including phenoxy) is 1. The van der Waals surface area contributed by atoms with Gasteiger partial charge in [0.2, 0.25) is 5.88 Å². The molecule has 0 spiro atoms. The molecule has 3 aromatic rings. The zero-order valence-corrected chi connectivity index (χ0v) is 13.4. The van der Waals surface area contributed by atoms with E-state index in [4.69, 9.17) is 4.74 Å². The molecule has 1 aromatic carbocycles. The van der Waals surface area contributed by atoms with Crippen LogP contribution in [0, 0.1) is 20.8 Å². The monoisotopic (exact) mass is 306 g/mol. The first-order valence-corrected chi connectivity index (χ1v) is 7.43. The molecule has 2 heterocycles. The van der Waals surface area contributed by atoms with Crippen molar-refractivity contribution in [3.05, 3.63) is 65.2 Å². The van der Waals surface area contributed by atoms with Crippen LogP contribution in [0.25, 0.3) is 11.5 Å². The topological polar surface area (TPSA) is 60.8 Å². The van der Waals surface area contributed by atoms with Crippen molar-refractivity contribution in [1.82, 2.24) is 19.9 Å². The Bertz CT molecular complexity index is 801. The van der Waals surface area contributed by atoms with E-state index >= 15 is 0 Å². The van der Waals surface area contributed by atoms with Gasteiger partial charge in [-0.2, -0.15) is 4.98 Å². The van der Waals surface area contributed by atoms with E-state index in [0.717, 1.165) is 16.8 Å². The van der Waals surface area contributed by atoms with Gasteiger partial charge >= 0.3 is 0 Å². The van der Waals surface area contributed by atoms with Crippen molar-refractivity contribution in [1.29, 1.82) is 0 Å². The van der Waals surface area contributed by atoms with Crippen LogP contribution in [-0.4, -0.2) is 19.9 Å². The fourth-order valence-corrected chi connectivity index (χ4v) is 2.11. The van der Waals surface area contributed by atoms with Crippen molar-refractivity contribution in [2.24, 2.45) is 0 Å². The zero-order valence-electron chi connectivity index (χ0n) is 13.4. The van der Waals surface area contributed by atoms with E-state index in [1.165, 1.54) is 5.56 Å². The maximum Gasteiger partial charge on any atom is 0.220 e. The van der Waals surface area contributed by atoms with Crippen LogP contribution in [0.2, 0.25) is 0 Å². The summed E-state index contributed by atoms with van der Waals surface area (Å²) >= 11 is 0. The lowest BCUT2D eigenvalue weighted by Crippen LogP contribution is -2.04. The first-order valence-electron chi connectivity index (χ1n) is 7.43. The molecule has 0 atom stereocenters. The predicted molar refractivity (Wildman–Crippen MR) is 88.0 cm³/mol. The van der Waals surface area contributed by atoms with Crippen molar-refractivity contribution < 1.29 is 4.74 Å². The maximum atomic E-state index is 5.91. The summed E-state index contributed by atoms with van der Waals surface area (Å²) in [6.07, 6.45) is 4.90. The van der Waals surface area contributed by atoms with Gasteiger partial charge in [0.05, 0.1) is 6.20 Å². The van der Waals surface area contributed by atoms with Crippen LogP contribution >= 0.6 is 0 Å². The third-order valence-corrected chi connectivity index (χ3v) is 3.63. The van der Waals surface area contributed by atoms with Crippen LogP contribution < -0.4 is 4.74 Å². The fourth-order valence-electron chi connectivity index (χ4n) is 2.11. The summed E-state index contributed by atoms with van der Waals surface area (Å²) in [4.78, 5) is 17.3. The molecule has 116 valence electrons. The number of hydrogen-bond donors (Lipinski definition) is 0. The SMILES string of the molecule is Cc1ccc(COc2nc(-c3cnccn3)nc(C)c2C)cc1. The highest BCUT2D eigenvalue weighted by molar-refractivity contribution is 5.49. The number of hydrogen-bond acceptors (Lipinski definition) is 5. The lowest BCUT2D eigenvalue weighted by Gasteiger charge is -2.11. The summed E-state index contributed by atoms with van der Waals surface area (Å²) in [5.41, 5.74) is 4.78. The molecule has 2 aromatic heterocycles. The average molecular weight is 306 g/mol. The predicted octanol–water partition coefficient (Wildman–Crippen LogP) is 3.44. The standard InChI is InChI=1S/C18H18N4O/c1-12-4-6-15(7-5-12)11-23-18-13(2)14(3)21-17(22-18)16-10-19-8-9-20-16/h4-10H,11H2,1-3H3. The molecule has 0 N–H and O–H groups in total. The second-order valence-corrected chi connectivity index (χ2v) is 5.43. The summed E-state index contributed by atoms with van der Waals surface area (Å²) in [7, 11) is 0. The molecule has 0 bridgehead atoms. The molecule has 0 radical (unpaired) electrons. The van der Waals surface area contributed by atoms with Gasteiger partial charge in [-0.1, -0.05) is 29.8 Å². The van der Waals surface area contributed by atoms with E-state index in [0.29, 0.717) is 24.0 Å². The largest absolute Gasteiger partial charge is 0.473 e. The fraction of sp³-hybridized carbons (Fsp3) is 0.222. The van der Waals surface area contributed by atoms with Crippen molar-refractivity contribution in [3.63, 3.8) is 0 Å². The van der Waals surface area contributed by atoms with Crippen LogP contribution in [0.5, 0.6) is 5.88 Å². The van der Waals surface area contributed by atoms with E-state index in [1.54, 1.807) is 18.6 Å². The Balaban J connectivity index is 1.86. The van der Waals surface area contributed by atoms with Gasteiger partial charge in [0.15, 0.2) is 5.82 Å². The van der Waals surface area contributed by atoms with Gasteiger partial charge in [-0.05, 0) is 26.3 Å². The number of rotatable bonds is 4. The van der Waals surface area contributed by atoms with Crippen molar-refractivity contribution >= 4 is 0 Å². The first-order chi connectivity index (χ1) is 11.1. The molecule has 0 unspecified atom stereocenters. The van der Waals surface area contributed by atoms with Gasteiger partial charge in [0.1, 0.15) is 12.3 Å². The summed E-state index contributed by atoms with van der Waals surface area (Å²) in [6, 6.07) is 8.26. The molecule has 3 rings (SSSR count). The van der Waals surface area contributed by atoms with Crippen molar-refractivity contribution in [3.8, 4) is 17.4 Å². The molecular weight excluding hydrogens is 288 g/mol. The van der Waals surface area contributed by atoms with Gasteiger partial charge < -0.3 is 4.74 Å². The first kappa shape index (κ1) is 15.1. The number of aromatic nitrogens is 4. The third kappa shape index (κ3) is 3.51. The van der Waals surface area contributed by atoms with Gasteiger partial charge in [-0.25, -0.2) is 9.97 Å². The molecule has 23 heavy (non-hydrogen) atoms. The highest BCUT2D eigenvalue weighted by Crippen LogP contribution is 2.22. The van der Waals surface area contributed by atoms with Gasteiger partial charge in [0, 0.05) is 23.7 Å². The van der Waals surface area contributed by atoms with E-state index in [-0.39, 0.29) is 0 Å². The van der Waals surface area contributed by atoms with Gasteiger partial charge in [-0.15, -0.1) is 0 Å². The Morgan fingerprint density at radius 1 is 0.957 bits per heavy atom. The molecule has 0 aliphatic heterocycles. The van der Waals surface area contributed by atoms with Crippen LogP contribution in [-0.2, 0) is 6.61 Å². The van der Waals surface area contributed by atoms with Crippen LogP contribution in [0.3, 0.4) is 0 Å². The molecule has 0 fully saturated rings. The summed E-state index contributed by atoms with van der Waals surface area (Å²) in [5.74, 6) is 1.11. The quantitative estimate of drug-likeness (QED) is 0.739. The minimum Gasteiger partial charge on any atom is -0.473 e. The minimum absolute atomic E-state index is 0.470. The molecule has 5 nitrogen and oxygen atoms in total. The van der Waals surface area contributed by atoms with Crippen LogP contribution in [0.15, 0.2) is 42.9 Å². The molecule has 0 saturated heterocycles. The minimum atomic E-state index is 0.470. The van der Waals surface area contributed by atoms with E-state index < -0.39 is 0 Å². The highest BCUT2D eigenvalue weighted by Gasteiger charge is 2.12. The second-order valence-electron chi connectivity index (χ2n) is 5.43. The number of benzene rings is 1. The Morgan fingerprint density at radius 2 is 1.74 bits per heavy atom. The number of nitrogens with zero attached hydrogens (tertiary/aromatic N) is 4. The van der Waals surface area contributed by atoms with Crippen LogP contribution in [0.1, 0.15) is 22.4 Å². The Morgan fingerprint density at radius 3 is 2.43 bits per heavy atom. The summed E-state index contributed by atoms with van der Waals surface area (Å²) in [6.45, 7) is 6.43. The van der Waals surface area contributed by atoms with Crippen molar-refractivity contribution in [2.45, 2.75) is 27.4 Å². The van der Waals surface area contributed by atoms with Crippen molar-refractivity contribution in [2.75, 3.05) is 0 Å². The third-order valence-electron chi connectivity index (χ3n) is 3.63. The van der Waals surface area contributed by atoms with Gasteiger partial charge in [-0.3, -0.25) is 4.98 Å². The van der Waals surface area contributed by atoms with Crippen LogP contribution in [0.4, 0.5) is 0 Å². The molecule has 0 aliphatic carbocycles. The molecule has 0 aliphatic rings. The van der Waals surface area contributed by atoms with E-state index in [9.17, 15) is 0 Å². The molecule has 0 amide bonds. The Labute approximate surface area is 135 Å². The highest BCUT2D eigenvalue weighted by atomic mass is 16.5. The lowest BCUT2D eigenvalue weighted by atomic mass is 10.2. The zero-order chi connectivity index (χ0) is 16.2. The maximum absolute atomic E-state index is 5.91. The summed E-state index contributed by atoms with van der Waals surface area (Å²) in [5, 5.41) is 0. The average Bonchev–Trinajstić information content (AvgIpc) is 2.58. The van der Waals surface area contributed by atoms with E-state index in [1.807, 2.05) is 13.8 Å². The van der Waals surface area contributed by atoms with Gasteiger partial charge in [0.25, 0.3) is 0 Å². The smallest absolute Gasteiger partial charge is 0.220 e. The molecular formula is C18H18N4O. The van der Waals surface area contributed by atoms with E-state index in [2.05, 4.69) is 51.1 Å². The normalized spacial score (nSPS) is 10.6. The molecule has 0 saturated carbocycles. The Hall–Kier alpha value is -2.82.